The van der Waals surface area contributed by atoms with Gasteiger partial charge >= 0.3 is 0 Å². The van der Waals surface area contributed by atoms with E-state index >= 15 is 0 Å². The lowest BCUT2D eigenvalue weighted by Crippen LogP contribution is -2.54. The summed E-state index contributed by atoms with van der Waals surface area (Å²) in [4.78, 5) is 29.3. The number of amides is 2. The van der Waals surface area contributed by atoms with Gasteiger partial charge in [0.25, 0.3) is 0 Å². The van der Waals surface area contributed by atoms with Crippen LogP contribution >= 0.6 is 0 Å². The maximum Gasteiger partial charge on any atom is 0.233 e. The van der Waals surface area contributed by atoms with E-state index in [4.69, 9.17) is 0 Å². The van der Waals surface area contributed by atoms with Gasteiger partial charge in [-0.1, -0.05) is 26.0 Å². The number of halogens is 1. The van der Waals surface area contributed by atoms with Gasteiger partial charge in [-0.2, -0.15) is 0 Å². The molecule has 0 aromatic heterocycles. The monoisotopic (exact) mass is 358 g/mol. The van der Waals surface area contributed by atoms with Crippen LogP contribution in [-0.4, -0.2) is 47.3 Å². The predicted molar refractivity (Wildman–Crippen MR) is 97.0 cm³/mol. The third-order valence-electron chi connectivity index (χ3n) is 7.31. The summed E-state index contributed by atoms with van der Waals surface area (Å²) in [5.74, 6) is 0.107. The second-order valence-corrected chi connectivity index (χ2v) is 8.94. The van der Waals surface area contributed by atoms with Gasteiger partial charge in [0.1, 0.15) is 5.82 Å². The summed E-state index contributed by atoms with van der Waals surface area (Å²) < 4.78 is 13.4. The van der Waals surface area contributed by atoms with Gasteiger partial charge < -0.3 is 9.80 Å². The Kier molecular flexibility index (Phi) is 3.73. The van der Waals surface area contributed by atoms with Crippen LogP contribution in [0.5, 0.6) is 0 Å². The number of hydrogen-bond acceptors (Lipinski definition) is 2. The van der Waals surface area contributed by atoms with Crippen LogP contribution in [0.4, 0.5) is 4.39 Å². The largest absolute Gasteiger partial charge is 0.342 e. The van der Waals surface area contributed by atoms with Crippen LogP contribution in [0.2, 0.25) is 0 Å². The average Bonchev–Trinajstić information content (AvgIpc) is 3.12. The molecule has 1 spiro atoms. The Labute approximate surface area is 154 Å². The van der Waals surface area contributed by atoms with E-state index in [1.807, 2.05) is 16.8 Å². The third-order valence-corrected chi connectivity index (χ3v) is 7.31. The zero-order valence-electron chi connectivity index (χ0n) is 15.8. The minimum absolute atomic E-state index is 0.0596. The van der Waals surface area contributed by atoms with Crippen LogP contribution in [0.3, 0.4) is 0 Å². The summed E-state index contributed by atoms with van der Waals surface area (Å²) >= 11 is 0. The zero-order chi connectivity index (χ0) is 18.7. The van der Waals surface area contributed by atoms with E-state index in [0.717, 1.165) is 31.2 Å². The van der Waals surface area contributed by atoms with Crippen LogP contribution in [0.25, 0.3) is 0 Å². The van der Waals surface area contributed by atoms with Crippen molar-refractivity contribution < 1.29 is 14.0 Å². The van der Waals surface area contributed by atoms with Crippen molar-refractivity contribution in [2.24, 2.45) is 5.41 Å². The van der Waals surface area contributed by atoms with Gasteiger partial charge in [0.2, 0.25) is 11.8 Å². The SMILES string of the molecule is CN1C(=O)CCC12CCN(C(=O)[C@]1(c3ccc(F)cc3)CC1(C)C)CC2. The van der Waals surface area contributed by atoms with Crippen LogP contribution in [-0.2, 0) is 15.0 Å². The lowest BCUT2D eigenvalue weighted by molar-refractivity contribution is -0.138. The van der Waals surface area contributed by atoms with E-state index in [-0.39, 0.29) is 28.6 Å². The highest BCUT2D eigenvalue weighted by atomic mass is 19.1. The quantitative estimate of drug-likeness (QED) is 0.815. The fourth-order valence-corrected chi connectivity index (χ4v) is 5.26. The number of nitrogens with zero attached hydrogens (tertiary/aromatic N) is 2. The molecule has 0 radical (unpaired) electrons. The van der Waals surface area contributed by atoms with E-state index < -0.39 is 5.41 Å². The molecule has 0 bridgehead atoms. The molecule has 2 amide bonds. The van der Waals surface area contributed by atoms with E-state index in [2.05, 4.69) is 13.8 Å². The van der Waals surface area contributed by atoms with Crippen LogP contribution in [0.1, 0.15) is 51.5 Å². The third kappa shape index (κ3) is 2.32. The minimum Gasteiger partial charge on any atom is -0.342 e. The number of carbonyl (C=O) groups is 2. The fourth-order valence-electron chi connectivity index (χ4n) is 5.26. The highest BCUT2D eigenvalue weighted by Crippen LogP contribution is 2.65. The standard InChI is InChI=1S/C21H27FN2O2/c1-19(2)14-21(19,15-4-6-16(22)7-5-15)18(26)24-12-10-20(11-13-24)9-8-17(25)23(20)3/h4-7H,8-14H2,1-3H3/t21-/m1/s1. The molecule has 2 aliphatic heterocycles. The molecule has 3 aliphatic rings. The molecule has 2 heterocycles. The number of carbonyl (C=O) groups excluding carboxylic acids is 2. The molecule has 0 unspecified atom stereocenters. The Morgan fingerprint density at radius 3 is 2.12 bits per heavy atom. The molecule has 1 atom stereocenters. The molecule has 26 heavy (non-hydrogen) atoms. The first-order chi connectivity index (χ1) is 12.2. The van der Waals surface area contributed by atoms with Crippen molar-refractivity contribution in [2.75, 3.05) is 20.1 Å². The molecular weight excluding hydrogens is 331 g/mol. The zero-order valence-corrected chi connectivity index (χ0v) is 15.8. The molecule has 140 valence electrons. The molecule has 4 nitrogen and oxygen atoms in total. The number of benzene rings is 1. The molecule has 1 aromatic carbocycles. The minimum atomic E-state index is -0.539. The van der Waals surface area contributed by atoms with Crippen molar-refractivity contribution in [3.05, 3.63) is 35.6 Å². The lowest BCUT2D eigenvalue weighted by Gasteiger charge is -2.44. The molecule has 1 aliphatic carbocycles. The lowest BCUT2D eigenvalue weighted by atomic mass is 9.82. The molecular formula is C21H27FN2O2. The molecule has 1 aromatic rings. The Hall–Kier alpha value is -1.91. The van der Waals surface area contributed by atoms with Gasteiger partial charge in [-0.15, -0.1) is 0 Å². The summed E-state index contributed by atoms with van der Waals surface area (Å²) in [7, 11) is 1.90. The first-order valence-electron chi connectivity index (χ1n) is 9.54. The number of rotatable bonds is 2. The predicted octanol–water partition coefficient (Wildman–Crippen LogP) is 3.11. The normalized spacial score (nSPS) is 29.3. The number of likely N-dealkylation sites (tertiary alicyclic amines) is 2. The number of hydrogen-bond donors (Lipinski definition) is 0. The second-order valence-electron chi connectivity index (χ2n) is 8.94. The van der Waals surface area contributed by atoms with Crippen molar-refractivity contribution in [3.63, 3.8) is 0 Å². The van der Waals surface area contributed by atoms with E-state index in [0.29, 0.717) is 19.5 Å². The van der Waals surface area contributed by atoms with Crippen LogP contribution in [0, 0.1) is 11.2 Å². The average molecular weight is 358 g/mol. The molecule has 3 fully saturated rings. The van der Waals surface area contributed by atoms with Crippen molar-refractivity contribution in [3.8, 4) is 0 Å². The van der Waals surface area contributed by atoms with Gasteiger partial charge in [0.05, 0.1) is 5.41 Å². The Bertz CT molecular complexity index is 750. The molecule has 5 heteroatoms. The van der Waals surface area contributed by atoms with E-state index in [9.17, 15) is 14.0 Å². The van der Waals surface area contributed by atoms with Crippen molar-refractivity contribution in [2.45, 2.75) is 56.9 Å². The molecule has 0 N–H and O–H groups in total. The first-order valence-corrected chi connectivity index (χ1v) is 9.54. The van der Waals surface area contributed by atoms with Gasteiger partial charge in [-0.25, -0.2) is 4.39 Å². The van der Waals surface area contributed by atoms with E-state index in [1.165, 1.54) is 12.1 Å². The van der Waals surface area contributed by atoms with Crippen molar-refractivity contribution in [1.82, 2.24) is 9.80 Å². The Morgan fingerprint density at radius 2 is 1.65 bits per heavy atom. The maximum atomic E-state index is 13.5. The smallest absolute Gasteiger partial charge is 0.233 e. The molecule has 2 saturated heterocycles. The first kappa shape index (κ1) is 17.5. The summed E-state index contributed by atoms with van der Waals surface area (Å²) in [6.45, 7) is 5.61. The van der Waals surface area contributed by atoms with Gasteiger partial charge in [0, 0.05) is 32.1 Å². The van der Waals surface area contributed by atoms with Crippen molar-refractivity contribution >= 4 is 11.8 Å². The highest BCUT2D eigenvalue weighted by Gasteiger charge is 2.68. The maximum absolute atomic E-state index is 13.5. The Morgan fingerprint density at radius 1 is 1.08 bits per heavy atom. The highest BCUT2D eigenvalue weighted by molar-refractivity contribution is 5.93. The fraction of sp³-hybridized carbons (Fsp3) is 0.619. The van der Waals surface area contributed by atoms with Gasteiger partial charge in [0.15, 0.2) is 0 Å². The van der Waals surface area contributed by atoms with Gasteiger partial charge in [-0.05, 0) is 48.8 Å². The summed E-state index contributed by atoms with van der Waals surface area (Å²) in [5.41, 5.74) is 0.206. The van der Waals surface area contributed by atoms with Crippen LogP contribution in [0.15, 0.2) is 24.3 Å². The summed E-state index contributed by atoms with van der Waals surface area (Å²) in [5, 5.41) is 0. The number of piperidine rings is 1. The Balaban J connectivity index is 1.54. The molecule has 1 saturated carbocycles. The topological polar surface area (TPSA) is 40.6 Å². The van der Waals surface area contributed by atoms with Gasteiger partial charge in [-0.3, -0.25) is 9.59 Å². The second kappa shape index (κ2) is 5.54. The molecule has 4 rings (SSSR count). The summed E-state index contributed by atoms with van der Waals surface area (Å²) in [6.07, 6.45) is 4.02. The van der Waals surface area contributed by atoms with Crippen molar-refractivity contribution in [1.29, 1.82) is 0 Å². The van der Waals surface area contributed by atoms with Crippen LogP contribution < -0.4 is 0 Å². The van der Waals surface area contributed by atoms with E-state index in [1.54, 1.807) is 12.1 Å². The summed E-state index contributed by atoms with van der Waals surface area (Å²) in [6, 6.07) is 6.42.